The van der Waals surface area contributed by atoms with E-state index in [0.29, 0.717) is 11.6 Å². The van der Waals surface area contributed by atoms with Gasteiger partial charge < -0.3 is 5.32 Å². The molecule has 3 rings (SSSR count). The molecular formula is C23H18F6N2OS. The molecule has 1 heterocycles. The second-order valence-electron chi connectivity index (χ2n) is 7.05. The van der Waals surface area contributed by atoms with Crippen molar-refractivity contribution >= 4 is 17.7 Å². The van der Waals surface area contributed by atoms with Gasteiger partial charge in [0.05, 0.1) is 11.1 Å². The van der Waals surface area contributed by atoms with E-state index in [9.17, 15) is 31.1 Å². The Morgan fingerprint density at radius 2 is 1.64 bits per heavy atom. The van der Waals surface area contributed by atoms with Crippen LogP contribution in [-0.2, 0) is 18.6 Å². The largest absolute Gasteiger partial charge is 0.416 e. The first-order chi connectivity index (χ1) is 15.6. The number of benzene rings is 2. The predicted octanol–water partition coefficient (Wildman–Crippen LogP) is 6.44. The quantitative estimate of drug-likeness (QED) is 0.295. The SMILES string of the molecule is O=C(NCc1ccc(F)cc1)c1cccnc1SCCC(F)(F)c1cccc(C(F)(F)F)c1. The molecule has 2 aromatic carbocycles. The average molecular weight is 484 g/mol. The van der Waals surface area contributed by atoms with E-state index in [1.807, 2.05) is 0 Å². The highest BCUT2D eigenvalue weighted by atomic mass is 32.2. The van der Waals surface area contributed by atoms with Gasteiger partial charge in [-0.1, -0.05) is 24.3 Å². The maximum atomic E-state index is 14.5. The molecule has 0 radical (unpaired) electrons. The molecule has 0 atom stereocenters. The molecule has 0 fully saturated rings. The molecule has 33 heavy (non-hydrogen) atoms. The van der Waals surface area contributed by atoms with Crippen molar-refractivity contribution in [1.29, 1.82) is 0 Å². The smallest absolute Gasteiger partial charge is 0.348 e. The zero-order valence-electron chi connectivity index (χ0n) is 17.0. The molecule has 0 saturated carbocycles. The Hall–Kier alpha value is -3.01. The lowest BCUT2D eigenvalue weighted by molar-refractivity contribution is -0.137. The molecule has 3 aromatic rings. The number of nitrogens with one attached hydrogen (secondary N) is 1. The van der Waals surface area contributed by atoms with Gasteiger partial charge in [0, 0.05) is 30.5 Å². The van der Waals surface area contributed by atoms with E-state index in [4.69, 9.17) is 0 Å². The number of aromatic nitrogens is 1. The first kappa shape index (κ1) is 24.6. The number of rotatable bonds is 8. The number of carbonyl (C=O) groups excluding carboxylic acids is 1. The minimum Gasteiger partial charge on any atom is -0.348 e. The zero-order chi connectivity index (χ0) is 24.1. The lowest BCUT2D eigenvalue weighted by atomic mass is 10.0. The summed E-state index contributed by atoms with van der Waals surface area (Å²) in [5.74, 6) is -4.57. The highest BCUT2D eigenvalue weighted by Gasteiger charge is 2.36. The lowest BCUT2D eigenvalue weighted by Crippen LogP contribution is -2.23. The van der Waals surface area contributed by atoms with E-state index in [2.05, 4.69) is 10.3 Å². The van der Waals surface area contributed by atoms with E-state index >= 15 is 0 Å². The molecule has 174 valence electrons. The van der Waals surface area contributed by atoms with Crippen LogP contribution in [0.5, 0.6) is 0 Å². The normalized spacial score (nSPS) is 11.9. The molecule has 1 aromatic heterocycles. The van der Waals surface area contributed by atoms with Crippen molar-refractivity contribution in [3.63, 3.8) is 0 Å². The van der Waals surface area contributed by atoms with Crippen LogP contribution in [0.1, 0.15) is 33.5 Å². The van der Waals surface area contributed by atoms with Gasteiger partial charge in [0.2, 0.25) is 0 Å². The molecule has 0 bridgehead atoms. The van der Waals surface area contributed by atoms with Crippen molar-refractivity contribution in [2.24, 2.45) is 0 Å². The van der Waals surface area contributed by atoms with Crippen LogP contribution in [0.25, 0.3) is 0 Å². The molecule has 0 aliphatic heterocycles. The van der Waals surface area contributed by atoms with E-state index in [-0.39, 0.29) is 22.9 Å². The molecule has 0 spiro atoms. The average Bonchev–Trinajstić information content (AvgIpc) is 2.78. The van der Waals surface area contributed by atoms with Gasteiger partial charge in [-0.15, -0.1) is 11.8 Å². The van der Waals surface area contributed by atoms with Crippen molar-refractivity contribution in [3.05, 3.63) is 94.9 Å². The van der Waals surface area contributed by atoms with Gasteiger partial charge in [-0.3, -0.25) is 4.79 Å². The van der Waals surface area contributed by atoms with Crippen LogP contribution >= 0.6 is 11.8 Å². The summed E-state index contributed by atoms with van der Waals surface area (Å²) in [5.41, 5.74) is -1.02. The highest BCUT2D eigenvalue weighted by Crippen LogP contribution is 2.37. The third-order valence-corrected chi connectivity index (χ3v) is 5.66. The van der Waals surface area contributed by atoms with E-state index in [1.165, 1.54) is 42.6 Å². The van der Waals surface area contributed by atoms with E-state index < -0.39 is 41.4 Å². The van der Waals surface area contributed by atoms with Crippen LogP contribution in [0.4, 0.5) is 26.3 Å². The molecule has 0 saturated heterocycles. The molecule has 0 unspecified atom stereocenters. The fourth-order valence-electron chi connectivity index (χ4n) is 2.90. The molecular weight excluding hydrogens is 466 g/mol. The maximum absolute atomic E-state index is 14.5. The number of pyridine rings is 1. The van der Waals surface area contributed by atoms with Crippen LogP contribution in [0.3, 0.4) is 0 Å². The summed E-state index contributed by atoms with van der Waals surface area (Å²) in [5, 5.41) is 2.88. The molecule has 1 amide bonds. The van der Waals surface area contributed by atoms with Gasteiger partial charge in [0.1, 0.15) is 10.8 Å². The molecule has 0 aliphatic carbocycles. The number of alkyl halides is 5. The number of nitrogens with zero attached hydrogens (tertiary/aromatic N) is 1. The number of halogens is 6. The Labute approximate surface area is 190 Å². The summed E-state index contributed by atoms with van der Waals surface area (Å²) in [4.78, 5) is 16.6. The summed E-state index contributed by atoms with van der Waals surface area (Å²) >= 11 is 0.907. The van der Waals surface area contributed by atoms with Crippen LogP contribution in [0.15, 0.2) is 71.9 Å². The topological polar surface area (TPSA) is 42.0 Å². The van der Waals surface area contributed by atoms with Gasteiger partial charge in [0.25, 0.3) is 11.8 Å². The van der Waals surface area contributed by atoms with Gasteiger partial charge in [0.15, 0.2) is 0 Å². The first-order valence-electron chi connectivity index (χ1n) is 9.72. The Morgan fingerprint density at radius 1 is 0.939 bits per heavy atom. The van der Waals surface area contributed by atoms with Crippen molar-refractivity contribution in [2.45, 2.75) is 30.1 Å². The van der Waals surface area contributed by atoms with Crippen molar-refractivity contribution in [1.82, 2.24) is 10.3 Å². The van der Waals surface area contributed by atoms with Crippen molar-refractivity contribution in [2.75, 3.05) is 5.75 Å². The molecule has 0 aliphatic rings. The fraction of sp³-hybridized carbons (Fsp3) is 0.217. The van der Waals surface area contributed by atoms with E-state index in [1.54, 1.807) is 0 Å². The number of hydrogen-bond donors (Lipinski definition) is 1. The Kier molecular flexibility index (Phi) is 7.68. The van der Waals surface area contributed by atoms with Gasteiger partial charge in [-0.05, 0) is 42.0 Å². The number of carbonyl (C=O) groups is 1. The third-order valence-electron chi connectivity index (χ3n) is 4.65. The molecule has 10 heteroatoms. The second kappa shape index (κ2) is 10.3. The standard InChI is InChI=1S/C23H18F6N2OS/c24-18-8-6-15(7-9-18)14-31-20(32)19-5-2-11-30-21(19)33-12-10-22(25,26)16-3-1-4-17(13-16)23(27,28)29/h1-9,11,13H,10,12,14H2,(H,31,32). The predicted molar refractivity (Wildman–Crippen MR) is 112 cm³/mol. The van der Waals surface area contributed by atoms with Crippen molar-refractivity contribution in [3.8, 4) is 0 Å². The fourth-order valence-corrected chi connectivity index (χ4v) is 3.91. The summed E-state index contributed by atoms with van der Waals surface area (Å²) in [7, 11) is 0. The zero-order valence-corrected chi connectivity index (χ0v) is 17.8. The van der Waals surface area contributed by atoms with Gasteiger partial charge in [-0.2, -0.15) is 13.2 Å². The van der Waals surface area contributed by atoms with Crippen LogP contribution in [0, 0.1) is 5.82 Å². The minimum atomic E-state index is -4.72. The number of thioether (sulfide) groups is 1. The Morgan fingerprint density at radius 3 is 2.33 bits per heavy atom. The maximum Gasteiger partial charge on any atom is 0.416 e. The Bertz CT molecular complexity index is 1100. The van der Waals surface area contributed by atoms with Crippen LogP contribution in [-0.4, -0.2) is 16.6 Å². The highest BCUT2D eigenvalue weighted by molar-refractivity contribution is 7.99. The Balaban J connectivity index is 1.62. The van der Waals surface area contributed by atoms with Crippen LogP contribution < -0.4 is 5.32 Å². The van der Waals surface area contributed by atoms with E-state index in [0.717, 1.165) is 30.0 Å². The van der Waals surface area contributed by atoms with Crippen LogP contribution in [0.2, 0.25) is 0 Å². The summed E-state index contributed by atoms with van der Waals surface area (Å²) < 4.78 is 80.5. The van der Waals surface area contributed by atoms with Gasteiger partial charge >= 0.3 is 6.18 Å². The third kappa shape index (κ3) is 6.74. The lowest BCUT2D eigenvalue weighted by Gasteiger charge is -2.18. The summed E-state index contributed by atoms with van der Waals surface area (Å²) in [6, 6.07) is 11.6. The van der Waals surface area contributed by atoms with Gasteiger partial charge in [-0.25, -0.2) is 18.2 Å². The first-order valence-corrected chi connectivity index (χ1v) is 10.7. The molecule has 1 N–H and O–H groups in total. The monoisotopic (exact) mass is 484 g/mol. The summed E-state index contributed by atoms with van der Waals surface area (Å²) in [6.45, 7) is 0.131. The second-order valence-corrected chi connectivity index (χ2v) is 8.13. The summed E-state index contributed by atoms with van der Waals surface area (Å²) in [6.07, 6.45) is -4.05. The van der Waals surface area contributed by atoms with Crippen molar-refractivity contribution < 1.29 is 31.1 Å². The number of amides is 1. The molecule has 3 nitrogen and oxygen atoms in total. The minimum absolute atomic E-state index is 0.131. The number of hydrogen-bond acceptors (Lipinski definition) is 3.